The van der Waals surface area contributed by atoms with Gasteiger partial charge in [0.05, 0.1) is 16.6 Å². The molecule has 8 nitrogen and oxygen atoms in total. The van der Waals surface area contributed by atoms with Gasteiger partial charge in [-0.05, 0) is 78.9 Å². The van der Waals surface area contributed by atoms with Gasteiger partial charge in [-0.1, -0.05) is 69.0 Å². The van der Waals surface area contributed by atoms with Gasteiger partial charge in [0.15, 0.2) is 0 Å². The second kappa shape index (κ2) is 13.7. The molecule has 1 saturated carbocycles. The van der Waals surface area contributed by atoms with Gasteiger partial charge in [0.2, 0.25) is 5.91 Å². The van der Waals surface area contributed by atoms with Crippen LogP contribution in [0, 0.1) is 23.6 Å². The van der Waals surface area contributed by atoms with E-state index in [4.69, 9.17) is 9.72 Å². The SMILES string of the molecule is Cc1ccc(-c2ccc(NC(=O)C(C)C)cc2COc2ccc(-c3nc4cc(C(=O)N=O)ccc4n3C3CCCCC3)c(F)c2)cc1. The maximum absolute atomic E-state index is 16.0. The van der Waals surface area contributed by atoms with Crippen LogP contribution in [-0.4, -0.2) is 21.4 Å². The first-order valence-electron chi connectivity index (χ1n) is 16.0. The number of nitroso groups, excluding NO2 is 1. The molecule has 6 rings (SSSR count). The monoisotopic (exact) mass is 632 g/mol. The zero-order valence-electron chi connectivity index (χ0n) is 26.8. The standard InChI is InChI=1S/C38H37FN4O4/c1-23(2)37(44)40-28-14-16-31(25-11-9-24(3)10-12-25)27(19-28)22-47-30-15-17-32(33(39)21-30)36-41-34-20-26(38(45)42-46)13-18-35(34)43(36)29-7-5-4-6-8-29/h9-21,23,29H,4-8,22H2,1-3H3,(H,40,44). The summed E-state index contributed by atoms with van der Waals surface area (Å²) >= 11 is 0. The third-order valence-electron chi connectivity index (χ3n) is 8.79. The van der Waals surface area contributed by atoms with Crippen molar-refractivity contribution in [3.05, 3.63) is 106 Å². The number of aryl methyl sites for hydroxylation is 1. The number of hydrogen-bond acceptors (Lipinski definition) is 5. The summed E-state index contributed by atoms with van der Waals surface area (Å²) in [7, 11) is 0. The fourth-order valence-corrected chi connectivity index (χ4v) is 6.20. The molecule has 0 bridgehead atoms. The normalized spacial score (nSPS) is 13.6. The number of anilines is 1. The summed E-state index contributed by atoms with van der Waals surface area (Å²) in [6.07, 6.45) is 5.17. The van der Waals surface area contributed by atoms with Gasteiger partial charge in [-0.3, -0.25) is 9.59 Å². The highest BCUT2D eigenvalue weighted by molar-refractivity contribution is 5.98. The maximum Gasteiger partial charge on any atom is 0.316 e. The van der Waals surface area contributed by atoms with Crippen molar-refractivity contribution in [2.75, 3.05) is 5.32 Å². The first kappa shape index (κ1) is 31.8. The number of nitrogens with one attached hydrogen (secondary N) is 1. The lowest BCUT2D eigenvalue weighted by atomic mass is 9.94. The molecule has 1 aromatic heterocycles. The molecule has 0 atom stereocenters. The van der Waals surface area contributed by atoms with Crippen molar-refractivity contribution in [1.82, 2.24) is 9.55 Å². The van der Waals surface area contributed by atoms with Crippen molar-refractivity contribution >= 4 is 28.5 Å². The summed E-state index contributed by atoms with van der Waals surface area (Å²) < 4.78 is 24.2. The third kappa shape index (κ3) is 6.84. The highest BCUT2D eigenvalue weighted by Crippen LogP contribution is 2.38. The van der Waals surface area contributed by atoms with E-state index in [0.29, 0.717) is 28.3 Å². The highest BCUT2D eigenvalue weighted by Gasteiger charge is 2.25. The molecular formula is C38H37FN4O4. The zero-order valence-corrected chi connectivity index (χ0v) is 26.8. The van der Waals surface area contributed by atoms with Crippen molar-refractivity contribution in [2.45, 2.75) is 65.5 Å². The fourth-order valence-electron chi connectivity index (χ4n) is 6.20. The molecule has 0 radical (unpaired) electrons. The van der Waals surface area contributed by atoms with Crippen molar-refractivity contribution in [2.24, 2.45) is 11.1 Å². The molecule has 240 valence electrons. The number of aromatic nitrogens is 2. The molecule has 1 heterocycles. The molecule has 1 aliphatic carbocycles. The minimum atomic E-state index is -0.869. The summed E-state index contributed by atoms with van der Waals surface area (Å²) in [5.41, 5.74) is 6.36. The van der Waals surface area contributed by atoms with Gasteiger partial charge in [-0.15, -0.1) is 4.91 Å². The molecule has 0 spiro atoms. The molecule has 4 aromatic carbocycles. The number of fused-ring (bicyclic) bond motifs is 1. The topological polar surface area (TPSA) is 103 Å². The summed E-state index contributed by atoms with van der Waals surface area (Å²) in [6.45, 7) is 5.86. The van der Waals surface area contributed by atoms with E-state index in [9.17, 15) is 14.5 Å². The number of nitrogens with zero attached hydrogens (tertiary/aromatic N) is 3. The van der Waals surface area contributed by atoms with E-state index in [1.54, 1.807) is 30.3 Å². The molecule has 1 N–H and O–H groups in total. The maximum atomic E-state index is 16.0. The number of halogens is 1. The Morgan fingerprint density at radius 3 is 2.40 bits per heavy atom. The van der Waals surface area contributed by atoms with Crippen molar-refractivity contribution in [3.8, 4) is 28.3 Å². The van der Waals surface area contributed by atoms with Crippen molar-refractivity contribution in [1.29, 1.82) is 0 Å². The van der Waals surface area contributed by atoms with Crippen LogP contribution in [0.25, 0.3) is 33.5 Å². The summed E-state index contributed by atoms with van der Waals surface area (Å²) in [4.78, 5) is 40.0. The van der Waals surface area contributed by atoms with Crippen molar-refractivity contribution < 1.29 is 18.7 Å². The number of benzene rings is 4. The van der Waals surface area contributed by atoms with E-state index < -0.39 is 11.7 Å². The zero-order chi connectivity index (χ0) is 33.1. The number of carbonyl (C=O) groups is 2. The number of rotatable bonds is 9. The molecule has 0 unspecified atom stereocenters. The lowest BCUT2D eigenvalue weighted by molar-refractivity contribution is -0.118. The molecule has 9 heteroatoms. The Hall–Kier alpha value is -5.18. The van der Waals surface area contributed by atoms with Gasteiger partial charge < -0.3 is 14.6 Å². The smallest absolute Gasteiger partial charge is 0.316 e. The van der Waals surface area contributed by atoms with Crippen molar-refractivity contribution in [3.63, 3.8) is 0 Å². The summed E-state index contributed by atoms with van der Waals surface area (Å²) in [5.74, 6) is -0.792. The van der Waals surface area contributed by atoms with Gasteiger partial charge in [-0.25, -0.2) is 9.37 Å². The number of imidazole rings is 1. The minimum Gasteiger partial charge on any atom is -0.489 e. The molecule has 5 aromatic rings. The quantitative estimate of drug-likeness (QED) is 0.163. The Morgan fingerprint density at radius 1 is 0.957 bits per heavy atom. The van der Waals surface area contributed by atoms with Gasteiger partial charge in [-0.2, -0.15) is 0 Å². The van der Waals surface area contributed by atoms with E-state index in [-0.39, 0.29) is 30.0 Å². The average Bonchev–Trinajstić information content (AvgIpc) is 3.46. The van der Waals surface area contributed by atoms with E-state index in [0.717, 1.165) is 59.9 Å². The Balaban J connectivity index is 1.32. The van der Waals surface area contributed by atoms with Crippen LogP contribution in [0.4, 0.5) is 10.1 Å². The van der Waals surface area contributed by atoms with Crippen LogP contribution >= 0.6 is 0 Å². The number of hydrogen-bond donors (Lipinski definition) is 1. The Morgan fingerprint density at radius 2 is 1.70 bits per heavy atom. The predicted molar refractivity (Wildman–Crippen MR) is 182 cm³/mol. The van der Waals surface area contributed by atoms with Crippen LogP contribution in [0.2, 0.25) is 0 Å². The molecule has 0 saturated heterocycles. The van der Waals surface area contributed by atoms with Crippen LogP contribution in [0.1, 0.15) is 73.5 Å². The Kier molecular flexibility index (Phi) is 9.24. The van der Waals surface area contributed by atoms with Crippen LogP contribution < -0.4 is 10.1 Å². The Labute approximate surface area is 273 Å². The number of ether oxygens (including phenoxy) is 1. The Bertz CT molecular complexity index is 1960. The number of carbonyl (C=O) groups excluding carboxylic acids is 2. The first-order chi connectivity index (χ1) is 22.7. The van der Waals surface area contributed by atoms with Gasteiger partial charge in [0, 0.05) is 34.5 Å². The third-order valence-corrected chi connectivity index (χ3v) is 8.79. The average molecular weight is 633 g/mol. The van der Waals surface area contributed by atoms with Crippen LogP contribution in [0.5, 0.6) is 5.75 Å². The molecule has 47 heavy (non-hydrogen) atoms. The van der Waals surface area contributed by atoms with Crippen LogP contribution in [0.3, 0.4) is 0 Å². The second-order valence-electron chi connectivity index (χ2n) is 12.5. The predicted octanol–water partition coefficient (Wildman–Crippen LogP) is 9.40. The number of amides is 2. The first-order valence-corrected chi connectivity index (χ1v) is 16.0. The van der Waals surface area contributed by atoms with E-state index in [1.165, 1.54) is 6.07 Å². The molecule has 2 amide bonds. The van der Waals surface area contributed by atoms with Gasteiger partial charge in [0.25, 0.3) is 0 Å². The van der Waals surface area contributed by atoms with Crippen LogP contribution in [0.15, 0.2) is 84.0 Å². The molecular weight excluding hydrogens is 595 g/mol. The highest BCUT2D eigenvalue weighted by atomic mass is 19.1. The van der Waals surface area contributed by atoms with Gasteiger partial charge in [0.1, 0.15) is 24.0 Å². The van der Waals surface area contributed by atoms with E-state index >= 15 is 4.39 Å². The molecule has 1 aliphatic rings. The lowest BCUT2D eigenvalue weighted by Gasteiger charge is -2.25. The molecule has 1 fully saturated rings. The molecule has 0 aliphatic heterocycles. The lowest BCUT2D eigenvalue weighted by Crippen LogP contribution is -2.17. The van der Waals surface area contributed by atoms with E-state index in [2.05, 4.69) is 15.1 Å². The summed E-state index contributed by atoms with van der Waals surface area (Å²) in [6, 6.07) is 23.7. The summed E-state index contributed by atoms with van der Waals surface area (Å²) in [5, 5.41) is 5.50. The van der Waals surface area contributed by atoms with E-state index in [1.807, 2.05) is 63.2 Å². The van der Waals surface area contributed by atoms with Crippen LogP contribution in [-0.2, 0) is 11.4 Å². The largest absolute Gasteiger partial charge is 0.489 e. The minimum absolute atomic E-state index is 0.0832. The van der Waals surface area contributed by atoms with Gasteiger partial charge >= 0.3 is 5.91 Å². The second-order valence-corrected chi connectivity index (χ2v) is 12.5. The fraction of sp³-hybridized carbons (Fsp3) is 0.289.